The smallest absolute Gasteiger partial charge is 0.139 e. The van der Waals surface area contributed by atoms with Crippen molar-refractivity contribution in [2.45, 2.75) is 33.2 Å². The van der Waals surface area contributed by atoms with E-state index in [-0.39, 0.29) is 5.54 Å². The molecule has 0 aliphatic heterocycles. The van der Waals surface area contributed by atoms with Crippen molar-refractivity contribution >= 4 is 23.6 Å². The van der Waals surface area contributed by atoms with Gasteiger partial charge in [0.25, 0.3) is 0 Å². The summed E-state index contributed by atoms with van der Waals surface area (Å²) >= 11 is 0. The lowest BCUT2D eigenvalue weighted by molar-refractivity contribution is 0.628. The lowest BCUT2D eigenvalue weighted by Crippen LogP contribution is -2.27. The summed E-state index contributed by atoms with van der Waals surface area (Å²) in [6, 6.07) is 16.5. The molecule has 0 saturated carbocycles. The Balaban J connectivity index is 2.10. The number of nitrogens with one attached hydrogen (secondary N) is 1. The molecule has 0 amide bonds. The molecule has 1 N–H and O–H groups in total. The Kier molecular flexibility index (Phi) is 3.95. The first-order valence-electron chi connectivity index (χ1n) is 7.93. The van der Waals surface area contributed by atoms with Gasteiger partial charge in [0.2, 0.25) is 0 Å². The fraction of sp³-hybridized carbons (Fsp3) is 0.250. The first-order valence-corrected chi connectivity index (χ1v) is 7.93. The van der Waals surface area contributed by atoms with Crippen molar-refractivity contribution in [3.8, 4) is 0 Å². The van der Waals surface area contributed by atoms with E-state index < -0.39 is 0 Å². The van der Waals surface area contributed by atoms with Crippen molar-refractivity contribution < 1.29 is 0 Å². The van der Waals surface area contributed by atoms with Crippen molar-refractivity contribution in [1.29, 1.82) is 0 Å². The zero-order valence-corrected chi connectivity index (χ0v) is 14.2. The Morgan fingerprint density at radius 3 is 2.39 bits per heavy atom. The van der Waals surface area contributed by atoms with Crippen molar-refractivity contribution in [2.75, 3.05) is 5.32 Å². The molecule has 3 aromatic rings. The maximum absolute atomic E-state index is 4.79. The molecule has 2 heterocycles. The van der Waals surface area contributed by atoms with Crippen molar-refractivity contribution in [3.05, 3.63) is 65.5 Å². The van der Waals surface area contributed by atoms with E-state index in [0.29, 0.717) is 0 Å². The Morgan fingerprint density at radius 2 is 1.70 bits per heavy atom. The van der Waals surface area contributed by atoms with Gasteiger partial charge >= 0.3 is 0 Å². The molecule has 0 fully saturated rings. The maximum Gasteiger partial charge on any atom is 0.139 e. The highest BCUT2D eigenvalue weighted by Crippen LogP contribution is 2.25. The highest BCUT2D eigenvalue weighted by molar-refractivity contribution is 5.76. The maximum atomic E-state index is 4.79. The normalized spacial score (nSPS) is 12.2. The standard InChI is InChI=1S/C20H23N3/c1-15-9-8-12-18-21-17(14-13-16-10-6-5-7-11-16)19(23(15)18)22-20(2,3)4/h5-14,22H,1-4H3. The molecule has 0 aliphatic carbocycles. The van der Waals surface area contributed by atoms with Crippen LogP contribution in [-0.4, -0.2) is 14.9 Å². The van der Waals surface area contributed by atoms with Gasteiger partial charge in [-0.3, -0.25) is 4.40 Å². The van der Waals surface area contributed by atoms with E-state index in [9.17, 15) is 0 Å². The van der Waals surface area contributed by atoms with Gasteiger partial charge in [-0.1, -0.05) is 42.5 Å². The minimum absolute atomic E-state index is 0.0341. The second-order valence-electron chi connectivity index (χ2n) is 6.83. The molecule has 2 aromatic heterocycles. The van der Waals surface area contributed by atoms with Crippen LogP contribution < -0.4 is 5.32 Å². The van der Waals surface area contributed by atoms with E-state index in [0.717, 1.165) is 17.2 Å². The lowest BCUT2D eigenvalue weighted by Gasteiger charge is -2.22. The summed E-state index contributed by atoms with van der Waals surface area (Å²) in [7, 11) is 0. The summed E-state index contributed by atoms with van der Waals surface area (Å²) in [5.74, 6) is 1.04. The molecule has 3 nitrogen and oxygen atoms in total. The monoisotopic (exact) mass is 305 g/mol. The topological polar surface area (TPSA) is 29.3 Å². The van der Waals surface area contributed by atoms with Crippen LogP contribution in [0.25, 0.3) is 17.8 Å². The Morgan fingerprint density at radius 1 is 0.957 bits per heavy atom. The molecule has 0 spiro atoms. The predicted molar refractivity (Wildman–Crippen MR) is 98.7 cm³/mol. The van der Waals surface area contributed by atoms with E-state index in [1.807, 2.05) is 30.3 Å². The Hall–Kier alpha value is -2.55. The number of aryl methyl sites for hydroxylation is 1. The van der Waals surface area contributed by atoms with E-state index in [4.69, 9.17) is 4.98 Å². The molecule has 0 saturated heterocycles. The summed E-state index contributed by atoms with van der Waals surface area (Å²) in [5, 5.41) is 3.60. The SMILES string of the molecule is Cc1cccc2nc(C=Cc3ccccc3)c(NC(C)(C)C)n12. The van der Waals surface area contributed by atoms with Crippen LogP contribution in [0.1, 0.15) is 37.7 Å². The number of benzene rings is 1. The van der Waals surface area contributed by atoms with Gasteiger partial charge in [-0.2, -0.15) is 0 Å². The number of fused-ring (bicyclic) bond motifs is 1. The molecule has 1 aromatic carbocycles. The fourth-order valence-corrected chi connectivity index (χ4v) is 2.60. The van der Waals surface area contributed by atoms with Crippen LogP contribution in [-0.2, 0) is 0 Å². The van der Waals surface area contributed by atoms with Gasteiger partial charge in [0.05, 0.1) is 0 Å². The Bertz CT molecular complexity index is 836. The van der Waals surface area contributed by atoms with E-state index >= 15 is 0 Å². The lowest BCUT2D eigenvalue weighted by atomic mass is 10.1. The van der Waals surface area contributed by atoms with Gasteiger partial charge in [0, 0.05) is 11.2 Å². The minimum Gasteiger partial charge on any atom is -0.365 e. The number of anilines is 1. The van der Waals surface area contributed by atoms with Crippen LogP contribution in [0.3, 0.4) is 0 Å². The molecule has 23 heavy (non-hydrogen) atoms. The number of nitrogens with zero attached hydrogens (tertiary/aromatic N) is 2. The molecule has 118 valence electrons. The summed E-state index contributed by atoms with van der Waals surface area (Å²) in [6.45, 7) is 8.59. The Labute approximate surface area is 137 Å². The predicted octanol–water partition coefficient (Wildman–Crippen LogP) is 5.02. The highest BCUT2D eigenvalue weighted by Gasteiger charge is 2.17. The van der Waals surface area contributed by atoms with Gasteiger partial charge in [-0.05, 0) is 51.5 Å². The van der Waals surface area contributed by atoms with Crippen molar-refractivity contribution in [2.24, 2.45) is 0 Å². The first kappa shape index (κ1) is 15.3. The quantitative estimate of drug-likeness (QED) is 0.736. The van der Waals surface area contributed by atoms with E-state index in [2.05, 4.69) is 67.8 Å². The number of imidazole rings is 1. The van der Waals surface area contributed by atoms with Crippen molar-refractivity contribution in [1.82, 2.24) is 9.38 Å². The number of hydrogen-bond acceptors (Lipinski definition) is 2. The summed E-state index contributed by atoms with van der Waals surface area (Å²) in [6.07, 6.45) is 4.18. The number of rotatable bonds is 3. The number of hydrogen-bond donors (Lipinski definition) is 1. The summed E-state index contributed by atoms with van der Waals surface area (Å²) < 4.78 is 2.18. The van der Waals surface area contributed by atoms with E-state index in [1.165, 1.54) is 11.3 Å². The third-order valence-corrected chi connectivity index (χ3v) is 3.59. The molecule has 0 aliphatic rings. The second-order valence-corrected chi connectivity index (χ2v) is 6.83. The first-order chi connectivity index (χ1) is 10.9. The average Bonchev–Trinajstić information content (AvgIpc) is 2.83. The molecule has 0 unspecified atom stereocenters. The summed E-state index contributed by atoms with van der Waals surface area (Å²) in [5.41, 5.74) is 4.22. The van der Waals surface area contributed by atoms with Gasteiger partial charge in [-0.15, -0.1) is 0 Å². The van der Waals surface area contributed by atoms with Gasteiger partial charge in [0.1, 0.15) is 17.2 Å². The van der Waals surface area contributed by atoms with Crippen LogP contribution in [0.15, 0.2) is 48.5 Å². The van der Waals surface area contributed by atoms with Crippen LogP contribution in [0, 0.1) is 6.92 Å². The third kappa shape index (κ3) is 3.45. The van der Waals surface area contributed by atoms with Crippen molar-refractivity contribution in [3.63, 3.8) is 0 Å². The number of pyridine rings is 1. The average molecular weight is 305 g/mol. The minimum atomic E-state index is -0.0341. The molecule has 0 radical (unpaired) electrons. The molecule has 3 heteroatoms. The molecular weight excluding hydrogens is 282 g/mol. The zero-order chi connectivity index (χ0) is 16.4. The van der Waals surface area contributed by atoms with Crippen LogP contribution in [0.4, 0.5) is 5.82 Å². The van der Waals surface area contributed by atoms with Gasteiger partial charge < -0.3 is 5.32 Å². The molecule has 3 rings (SSSR count). The van der Waals surface area contributed by atoms with Crippen LogP contribution in [0.2, 0.25) is 0 Å². The number of aromatic nitrogens is 2. The van der Waals surface area contributed by atoms with Gasteiger partial charge in [-0.25, -0.2) is 4.98 Å². The molecular formula is C20H23N3. The second kappa shape index (κ2) is 5.92. The van der Waals surface area contributed by atoms with E-state index in [1.54, 1.807) is 0 Å². The largest absolute Gasteiger partial charge is 0.365 e. The van der Waals surface area contributed by atoms with Crippen LogP contribution in [0.5, 0.6) is 0 Å². The third-order valence-electron chi connectivity index (χ3n) is 3.59. The highest BCUT2D eigenvalue weighted by atomic mass is 15.2. The van der Waals surface area contributed by atoms with Crippen LogP contribution >= 0.6 is 0 Å². The zero-order valence-electron chi connectivity index (χ0n) is 14.2. The molecule has 0 bridgehead atoms. The summed E-state index contributed by atoms with van der Waals surface area (Å²) in [4.78, 5) is 4.79. The van der Waals surface area contributed by atoms with Gasteiger partial charge in [0.15, 0.2) is 0 Å². The fourth-order valence-electron chi connectivity index (χ4n) is 2.60. The molecule has 0 atom stereocenters.